The van der Waals surface area contributed by atoms with Crippen molar-refractivity contribution in [2.24, 2.45) is 0 Å². The van der Waals surface area contributed by atoms with Gasteiger partial charge in [0.1, 0.15) is 5.75 Å². The lowest BCUT2D eigenvalue weighted by atomic mass is 10.0. The molecule has 3 heterocycles. The Balaban J connectivity index is 1.60. The average molecular weight is 430 g/mol. The Bertz CT molecular complexity index is 1350. The van der Waals surface area contributed by atoms with E-state index in [9.17, 15) is 9.59 Å². The number of methoxy groups -OCH3 is 1. The van der Waals surface area contributed by atoms with Crippen LogP contribution in [0.15, 0.2) is 65.6 Å². The van der Waals surface area contributed by atoms with Crippen molar-refractivity contribution in [2.75, 3.05) is 20.2 Å². The molecular formula is C24H22N4O4. The van der Waals surface area contributed by atoms with Gasteiger partial charge in [0.15, 0.2) is 5.65 Å². The van der Waals surface area contributed by atoms with Crippen LogP contribution in [-0.4, -0.2) is 45.4 Å². The van der Waals surface area contributed by atoms with Gasteiger partial charge in [-0.15, -0.1) is 0 Å². The van der Waals surface area contributed by atoms with Crippen LogP contribution in [0.5, 0.6) is 5.75 Å². The van der Waals surface area contributed by atoms with E-state index in [0.717, 1.165) is 36.3 Å². The maximum atomic E-state index is 13.5. The van der Waals surface area contributed by atoms with Crippen molar-refractivity contribution < 1.29 is 14.6 Å². The number of hydrogen-bond donors (Lipinski definition) is 2. The number of carboxylic acids is 1. The summed E-state index contributed by atoms with van der Waals surface area (Å²) >= 11 is 0. The highest BCUT2D eigenvalue weighted by atomic mass is 16.5. The van der Waals surface area contributed by atoms with E-state index in [1.165, 1.54) is 0 Å². The van der Waals surface area contributed by atoms with Crippen molar-refractivity contribution in [1.29, 1.82) is 0 Å². The largest absolute Gasteiger partial charge is 0.495 e. The van der Waals surface area contributed by atoms with Gasteiger partial charge in [-0.1, -0.05) is 24.3 Å². The summed E-state index contributed by atoms with van der Waals surface area (Å²) in [7, 11) is 1.58. The minimum atomic E-state index is -0.954. The first kappa shape index (κ1) is 20.0. The number of benzene rings is 2. The van der Waals surface area contributed by atoms with Gasteiger partial charge < -0.3 is 15.2 Å². The molecule has 162 valence electrons. The van der Waals surface area contributed by atoms with E-state index in [1.54, 1.807) is 46.7 Å². The molecule has 2 N–H and O–H groups in total. The summed E-state index contributed by atoms with van der Waals surface area (Å²) in [5.41, 5.74) is 4.00. The minimum absolute atomic E-state index is 0.0548. The van der Waals surface area contributed by atoms with E-state index in [-0.39, 0.29) is 17.3 Å². The summed E-state index contributed by atoms with van der Waals surface area (Å²) < 4.78 is 8.79. The van der Waals surface area contributed by atoms with E-state index >= 15 is 0 Å². The Labute approximate surface area is 183 Å². The van der Waals surface area contributed by atoms with Crippen molar-refractivity contribution in [3.8, 4) is 22.6 Å². The Morgan fingerprint density at radius 2 is 1.81 bits per heavy atom. The molecule has 0 amide bonds. The van der Waals surface area contributed by atoms with E-state index < -0.39 is 5.97 Å². The van der Waals surface area contributed by atoms with Gasteiger partial charge in [0.2, 0.25) is 0 Å². The zero-order valence-corrected chi connectivity index (χ0v) is 17.5. The molecular weight excluding hydrogens is 408 g/mol. The van der Waals surface area contributed by atoms with Crippen molar-refractivity contribution in [3.63, 3.8) is 0 Å². The molecule has 1 aliphatic rings. The number of aromatic carboxylic acids is 1. The molecule has 1 atom stereocenters. The van der Waals surface area contributed by atoms with Crippen LogP contribution in [0.1, 0.15) is 22.8 Å². The summed E-state index contributed by atoms with van der Waals surface area (Å²) in [6.07, 6.45) is 2.51. The number of imidazole rings is 1. The highest BCUT2D eigenvalue weighted by Gasteiger charge is 2.25. The summed E-state index contributed by atoms with van der Waals surface area (Å²) in [6, 6.07) is 16.2. The fourth-order valence-electron chi connectivity index (χ4n) is 4.24. The number of carbonyl (C=O) groups is 1. The third-order valence-electron chi connectivity index (χ3n) is 5.91. The van der Waals surface area contributed by atoms with Crippen molar-refractivity contribution in [2.45, 2.75) is 12.5 Å². The van der Waals surface area contributed by atoms with Crippen LogP contribution in [0.3, 0.4) is 0 Å². The van der Waals surface area contributed by atoms with Gasteiger partial charge in [-0.05, 0) is 48.4 Å². The first-order chi connectivity index (χ1) is 15.6. The predicted octanol–water partition coefficient (Wildman–Crippen LogP) is 3.10. The first-order valence-corrected chi connectivity index (χ1v) is 10.4. The maximum absolute atomic E-state index is 13.5. The lowest BCUT2D eigenvalue weighted by Crippen LogP contribution is -2.28. The van der Waals surface area contributed by atoms with Crippen LogP contribution < -0.4 is 15.7 Å². The van der Waals surface area contributed by atoms with E-state index in [4.69, 9.17) is 9.84 Å². The number of ether oxygens (including phenoxy) is 1. The van der Waals surface area contributed by atoms with Crippen LogP contribution in [0.4, 0.5) is 0 Å². The Morgan fingerprint density at radius 1 is 1.12 bits per heavy atom. The Morgan fingerprint density at radius 3 is 2.41 bits per heavy atom. The number of fused-ring (bicyclic) bond motifs is 1. The molecule has 4 aromatic rings. The average Bonchev–Trinajstić information content (AvgIpc) is 3.44. The second-order valence-electron chi connectivity index (χ2n) is 7.78. The first-order valence-electron chi connectivity index (χ1n) is 10.4. The zero-order valence-electron chi connectivity index (χ0n) is 17.5. The lowest BCUT2D eigenvalue weighted by Gasteiger charge is -2.09. The molecule has 1 fully saturated rings. The second-order valence-corrected chi connectivity index (χ2v) is 7.78. The van der Waals surface area contributed by atoms with Crippen molar-refractivity contribution in [1.82, 2.24) is 19.4 Å². The third-order valence-corrected chi connectivity index (χ3v) is 5.91. The molecule has 1 saturated heterocycles. The molecule has 0 spiro atoms. The van der Waals surface area contributed by atoms with E-state index in [1.807, 2.05) is 30.3 Å². The molecule has 0 saturated carbocycles. The molecule has 2 aromatic carbocycles. The van der Waals surface area contributed by atoms with Crippen molar-refractivity contribution >= 4 is 17.1 Å². The normalized spacial score (nSPS) is 15.8. The van der Waals surface area contributed by atoms with E-state index in [0.29, 0.717) is 16.9 Å². The quantitative estimate of drug-likeness (QED) is 0.505. The molecule has 8 heteroatoms. The van der Waals surface area contributed by atoms with Crippen LogP contribution in [0, 0.1) is 0 Å². The summed E-state index contributed by atoms with van der Waals surface area (Å²) in [5.74, 6) is -0.368. The topological polar surface area (TPSA) is 98.4 Å². The van der Waals surface area contributed by atoms with Crippen LogP contribution in [0.2, 0.25) is 0 Å². The molecule has 32 heavy (non-hydrogen) atoms. The fourth-order valence-corrected chi connectivity index (χ4v) is 4.24. The number of aromatic nitrogens is 3. The van der Waals surface area contributed by atoms with Gasteiger partial charge in [-0.25, -0.2) is 14.6 Å². The summed E-state index contributed by atoms with van der Waals surface area (Å²) in [6.45, 7) is 1.60. The molecule has 1 aliphatic heterocycles. The minimum Gasteiger partial charge on any atom is -0.495 e. The maximum Gasteiger partial charge on any atom is 0.335 e. The number of rotatable bonds is 5. The highest BCUT2D eigenvalue weighted by molar-refractivity contribution is 5.88. The number of nitrogens with one attached hydrogen (secondary N) is 1. The molecule has 5 rings (SSSR count). The summed E-state index contributed by atoms with van der Waals surface area (Å²) in [5, 5.41) is 12.4. The highest BCUT2D eigenvalue weighted by Crippen LogP contribution is 2.27. The molecule has 0 bridgehead atoms. The number of hydrogen-bond acceptors (Lipinski definition) is 5. The third kappa shape index (κ3) is 3.34. The van der Waals surface area contributed by atoms with Gasteiger partial charge in [0, 0.05) is 12.6 Å². The molecule has 0 aliphatic carbocycles. The molecule has 2 aromatic heterocycles. The van der Waals surface area contributed by atoms with Gasteiger partial charge >= 0.3 is 11.7 Å². The van der Waals surface area contributed by atoms with Crippen LogP contribution in [-0.2, 0) is 0 Å². The fraction of sp³-hybridized carbons (Fsp3) is 0.208. The van der Waals surface area contributed by atoms with Gasteiger partial charge in [0.05, 0.1) is 36.1 Å². The van der Waals surface area contributed by atoms with Gasteiger partial charge in [-0.3, -0.25) is 9.13 Å². The molecule has 0 radical (unpaired) electrons. The van der Waals surface area contributed by atoms with Crippen molar-refractivity contribution in [3.05, 3.63) is 76.8 Å². The predicted molar refractivity (Wildman–Crippen MR) is 121 cm³/mol. The smallest absolute Gasteiger partial charge is 0.335 e. The number of pyridine rings is 1. The standard InChI is InChI=1S/C24H22N4O4/c1-32-20-12-21-22(26-14-20)28(19-10-11-25-13-19)24(31)27(21)18-8-6-16(7-9-18)15-2-4-17(5-3-15)23(29)30/h2-9,12,14,19,25H,10-11,13H2,1H3,(H,29,30)/t19-/m0/s1. The Kier molecular flexibility index (Phi) is 4.99. The summed E-state index contributed by atoms with van der Waals surface area (Å²) in [4.78, 5) is 29.1. The number of nitrogens with zero attached hydrogens (tertiary/aromatic N) is 3. The molecule has 0 unspecified atom stereocenters. The Hall–Kier alpha value is -3.91. The van der Waals surface area contributed by atoms with Crippen LogP contribution >= 0.6 is 0 Å². The second kappa shape index (κ2) is 7.97. The zero-order chi connectivity index (χ0) is 22.2. The number of carboxylic acid groups (broad SMARTS) is 1. The van der Waals surface area contributed by atoms with Crippen LogP contribution in [0.25, 0.3) is 28.0 Å². The lowest BCUT2D eigenvalue weighted by molar-refractivity contribution is 0.0697. The van der Waals surface area contributed by atoms with Gasteiger partial charge in [0.25, 0.3) is 0 Å². The van der Waals surface area contributed by atoms with E-state index in [2.05, 4.69) is 10.3 Å². The SMILES string of the molecule is COc1cnc2c(c1)n(-c1ccc(-c3ccc(C(=O)O)cc3)cc1)c(=O)n2[C@H]1CCNC1. The molecule has 8 nitrogen and oxygen atoms in total. The monoisotopic (exact) mass is 430 g/mol. The van der Waals surface area contributed by atoms with Gasteiger partial charge in [-0.2, -0.15) is 0 Å².